The topological polar surface area (TPSA) is 9.86 Å². The highest BCUT2D eigenvalue weighted by molar-refractivity contribution is 6.05. The van der Waals surface area contributed by atoms with Crippen molar-refractivity contribution in [3.05, 3.63) is 77.6 Å². The summed E-state index contributed by atoms with van der Waals surface area (Å²) in [5, 5.41) is 2.68. The third kappa shape index (κ3) is 6.11. The van der Waals surface area contributed by atoms with Crippen molar-refractivity contribution in [1.82, 2.24) is 9.13 Å². The number of aromatic nitrogens is 2. The third-order valence-corrected chi connectivity index (χ3v) is 8.54. The predicted molar refractivity (Wildman–Crippen MR) is 168 cm³/mol. The molecule has 204 valence electrons. The van der Waals surface area contributed by atoms with Crippen LogP contribution in [0.25, 0.3) is 27.4 Å². The van der Waals surface area contributed by atoms with Gasteiger partial charge in [-0.25, -0.2) is 0 Å². The van der Waals surface area contributed by atoms with E-state index in [0.717, 1.165) is 13.1 Å². The van der Waals surface area contributed by atoms with Gasteiger partial charge in [0.2, 0.25) is 0 Å². The second-order valence-electron chi connectivity index (χ2n) is 11.3. The summed E-state index contributed by atoms with van der Waals surface area (Å²) >= 11 is 0. The zero-order valence-corrected chi connectivity index (χ0v) is 24.6. The van der Waals surface area contributed by atoms with E-state index in [4.69, 9.17) is 6.58 Å². The van der Waals surface area contributed by atoms with E-state index in [0.29, 0.717) is 0 Å². The van der Waals surface area contributed by atoms with Crippen LogP contribution in [0.5, 0.6) is 0 Å². The molecular formula is C36H50N2. The lowest BCUT2D eigenvalue weighted by molar-refractivity contribution is 0.560. The van der Waals surface area contributed by atoms with Crippen LogP contribution in [0.15, 0.2) is 55.1 Å². The van der Waals surface area contributed by atoms with Gasteiger partial charge in [-0.15, -0.1) is 0 Å². The highest BCUT2D eigenvalue weighted by Crippen LogP contribution is 2.39. The number of hydrogen-bond donors (Lipinski definition) is 0. The van der Waals surface area contributed by atoms with E-state index < -0.39 is 0 Å². The van der Waals surface area contributed by atoms with E-state index >= 15 is 0 Å². The molecule has 0 unspecified atom stereocenters. The Morgan fingerprint density at radius 3 is 1.34 bits per heavy atom. The van der Waals surface area contributed by atoms with Gasteiger partial charge in [-0.1, -0.05) is 121 Å². The molecule has 0 saturated heterocycles. The molecule has 0 amide bonds. The first kappa shape index (κ1) is 28.3. The van der Waals surface area contributed by atoms with Gasteiger partial charge in [0.1, 0.15) is 0 Å². The maximum absolute atomic E-state index is 4.78. The van der Waals surface area contributed by atoms with Gasteiger partial charge in [0.15, 0.2) is 0 Å². The lowest BCUT2D eigenvalue weighted by atomic mass is 9.95. The van der Waals surface area contributed by atoms with Crippen molar-refractivity contribution in [2.24, 2.45) is 0 Å². The standard InChI is InChI=1S/C36H50N2/c1-6-8-10-12-14-20-26-37-29(4)35(31-22-16-18-24-33(31)37)28(3)36-30(5)38(27-21-15-13-11-9-7-2)34-25-19-17-23-32(34)36/h16-19,22-25H,3,6-15,20-21,26-27H2,1-2,4-5H3. The molecule has 2 heteroatoms. The Hall–Kier alpha value is -2.74. The Balaban J connectivity index is 1.63. The third-order valence-electron chi connectivity index (χ3n) is 8.54. The van der Waals surface area contributed by atoms with Gasteiger partial charge in [0.25, 0.3) is 0 Å². The predicted octanol–water partition coefficient (Wildman–Crippen LogP) is 11.0. The van der Waals surface area contributed by atoms with Gasteiger partial charge in [-0.2, -0.15) is 0 Å². The Labute approximate surface area is 231 Å². The molecule has 4 aromatic rings. The Kier molecular flexibility index (Phi) is 10.3. The van der Waals surface area contributed by atoms with Crippen LogP contribution in [0.4, 0.5) is 0 Å². The van der Waals surface area contributed by atoms with Gasteiger partial charge in [-0.3, -0.25) is 0 Å². The van der Waals surface area contributed by atoms with E-state index in [2.05, 4.69) is 85.4 Å². The molecule has 2 aromatic carbocycles. The molecule has 0 saturated carbocycles. The Morgan fingerprint density at radius 1 is 0.553 bits per heavy atom. The lowest BCUT2D eigenvalue weighted by Gasteiger charge is -2.12. The summed E-state index contributed by atoms with van der Waals surface area (Å²) in [4.78, 5) is 0. The monoisotopic (exact) mass is 510 g/mol. The SMILES string of the molecule is C=C(c1c(C)n(CCCCCCCC)c2ccccc12)c1c(C)n(CCCCCCCC)c2ccccc12. The van der Waals surface area contributed by atoms with Crippen LogP contribution in [0.3, 0.4) is 0 Å². The number of unbranched alkanes of at least 4 members (excludes halogenated alkanes) is 10. The summed E-state index contributed by atoms with van der Waals surface area (Å²) < 4.78 is 5.11. The first-order valence-corrected chi connectivity index (χ1v) is 15.4. The molecule has 0 spiro atoms. The first-order valence-electron chi connectivity index (χ1n) is 15.4. The summed E-state index contributed by atoms with van der Waals surface area (Å²) in [6, 6.07) is 17.9. The molecule has 0 radical (unpaired) electrons. The molecule has 0 aliphatic carbocycles. The van der Waals surface area contributed by atoms with E-state index in [1.165, 1.54) is 127 Å². The second kappa shape index (κ2) is 13.9. The maximum atomic E-state index is 4.78. The number of rotatable bonds is 16. The zero-order chi connectivity index (χ0) is 26.9. The van der Waals surface area contributed by atoms with Crippen LogP contribution in [0.1, 0.15) is 113 Å². The van der Waals surface area contributed by atoms with E-state index in [1.807, 2.05) is 0 Å². The molecule has 0 aliphatic rings. The highest BCUT2D eigenvalue weighted by Gasteiger charge is 2.22. The average molecular weight is 511 g/mol. The van der Waals surface area contributed by atoms with Gasteiger partial charge < -0.3 is 9.13 Å². The molecule has 0 N–H and O–H groups in total. The fourth-order valence-electron chi connectivity index (χ4n) is 6.43. The summed E-state index contributed by atoms with van der Waals surface area (Å²) in [6.07, 6.45) is 15.9. The van der Waals surface area contributed by atoms with Crippen molar-refractivity contribution in [1.29, 1.82) is 0 Å². The van der Waals surface area contributed by atoms with Crippen molar-refractivity contribution >= 4 is 27.4 Å². The van der Waals surface area contributed by atoms with Crippen molar-refractivity contribution in [2.75, 3.05) is 0 Å². The summed E-state index contributed by atoms with van der Waals surface area (Å²) in [6.45, 7) is 16.1. The molecule has 2 aromatic heterocycles. The second-order valence-corrected chi connectivity index (χ2v) is 11.3. The Morgan fingerprint density at radius 2 is 0.921 bits per heavy atom. The molecule has 0 bridgehead atoms. The minimum atomic E-state index is 1.09. The molecule has 2 heterocycles. The molecule has 38 heavy (non-hydrogen) atoms. The summed E-state index contributed by atoms with van der Waals surface area (Å²) in [5.41, 5.74) is 9.25. The van der Waals surface area contributed by atoms with Crippen molar-refractivity contribution in [3.8, 4) is 0 Å². The minimum absolute atomic E-state index is 1.09. The van der Waals surface area contributed by atoms with Crippen LogP contribution in [-0.4, -0.2) is 9.13 Å². The van der Waals surface area contributed by atoms with Gasteiger partial charge >= 0.3 is 0 Å². The van der Waals surface area contributed by atoms with Crippen molar-refractivity contribution in [2.45, 2.75) is 118 Å². The molecule has 2 nitrogen and oxygen atoms in total. The van der Waals surface area contributed by atoms with Crippen LogP contribution in [0, 0.1) is 13.8 Å². The van der Waals surface area contributed by atoms with Crippen LogP contribution in [-0.2, 0) is 13.1 Å². The maximum Gasteiger partial charge on any atom is 0.0488 e. The fourth-order valence-corrected chi connectivity index (χ4v) is 6.43. The summed E-state index contributed by atoms with van der Waals surface area (Å²) in [7, 11) is 0. The number of hydrogen-bond acceptors (Lipinski definition) is 0. The largest absolute Gasteiger partial charge is 0.344 e. The van der Waals surface area contributed by atoms with Gasteiger partial charge in [0.05, 0.1) is 0 Å². The Bertz CT molecular complexity index is 1230. The molecule has 0 fully saturated rings. The van der Waals surface area contributed by atoms with Crippen molar-refractivity contribution in [3.63, 3.8) is 0 Å². The van der Waals surface area contributed by atoms with Crippen LogP contribution >= 0.6 is 0 Å². The molecule has 0 atom stereocenters. The fraction of sp³-hybridized carbons (Fsp3) is 0.500. The lowest BCUT2D eigenvalue weighted by Crippen LogP contribution is -2.02. The number of fused-ring (bicyclic) bond motifs is 2. The number of benzene rings is 2. The van der Waals surface area contributed by atoms with Gasteiger partial charge in [-0.05, 0) is 44.4 Å². The quantitative estimate of drug-likeness (QED) is 0.133. The normalized spacial score (nSPS) is 11.7. The smallest absolute Gasteiger partial charge is 0.0488 e. The van der Waals surface area contributed by atoms with Crippen LogP contribution in [0.2, 0.25) is 0 Å². The first-order chi connectivity index (χ1) is 18.6. The number of para-hydroxylation sites is 2. The van der Waals surface area contributed by atoms with Crippen LogP contribution < -0.4 is 0 Å². The van der Waals surface area contributed by atoms with E-state index in [9.17, 15) is 0 Å². The zero-order valence-electron chi connectivity index (χ0n) is 24.6. The van der Waals surface area contributed by atoms with Crippen molar-refractivity contribution < 1.29 is 0 Å². The van der Waals surface area contributed by atoms with E-state index in [-0.39, 0.29) is 0 Å². The van der Waals surface area contributed by atoms with Gasteiger partial charge in [0, 0.05) is 57.4 Å². The number of nitrogens with zero attached hydrogens (tertiary/aromatic N) is 2. The highest BCUT2D eigenvalue weighted by atomic mass is 15.0. The molecular weight excluding hydrogens is 460 g/mol. The molecule has 0 aliphatic heterocycles. The number of aryl methyl sites for hydroxylation is 2. The average Bonchev–Trinajstić information content (AvgIpc) is 3.37. The van der Waals surface area contributed by atoms with E-state index in [1.54, 1.807) is 0 Å². The minimum Gasteiger partial charge on any atom is -0.344 e. The summed E-state index contributed by atoms with van der Waals surface area (Å²) in [5.74, 6) is 0. The molecule has 4 rings (SSSR count).